The molecule has 4 aromatic rings. The van der Waals surface area contributed by atoms with Gasteiger partial charge < -0.3 is 15.0 Å². The zero-order valence-corrected chi connectivity index (χ0v) is 27.6. The van der Waals surface area contributed by atoms with Crippen molar-refractivity contribution in [1.29, 1.82) is 0 Å². The Balaban J connectivity index is 1.80. The van der Waals surface area contributed by atoms with E-state index < -0.39 is 28.5 Å². The lowest BCUT2D eigenvalue weighted by atomic mass is 10.0. The molecule has 230 valence electrons. The first-order chi connectivity index (χ1) is 21.0. The zero-order chi connectivity index (χ0) is 31.9. The number of nitrogens with zero attached hydrogens (tertiary/aromatic N) is 2. The summed E-state index contributed by atoms with van der Waals surface area (Å²) >= 11 is 3.38. The van der Waals surface area contributed by atoms with Crippen LogP contribution < -0.4 is 14.4 Å². The summed E-state index contributed by atoms with van der Waals surface area (Å²) < 4.78 is 35.2. The molecular weight excluding hydrogens is 642 g/mol. The van der Waals surface area contributed by atoms with E-state index in [4.69, 9.17) is 4.74 Å². The van der Waals surface area contributed by atoms with Gasteiger partial charge in [0.15, 0.2) is 0 Å². The number of likely N-dealkylation sites (N-methyl/N-ethyl adjacent to an activating group) is 1. The summed E-state index contributed by atoms with van der Waals surface area (Å²) in [7, 11) is -1.21. The van der Waals surface area contributed by atoms with Crippen LogP contribution in [0.5, 0.6) is 5.75 Å². The average Bonchev–Trinajstić information content (AvgIpc) is 3.02. The quantitative estimate of drug-likeness (QED) is 0.209. The van der Waals surface area contributed by atoms with E-state index in [0.29, 0.717) is 15.9 Å². The topological polar surface area (TPSA) is 96.0 Å². The molecule has 0 aliphatic rings. The number of benzene rings is 4. The van der Waals surface area contributed by atoms with Crippen LogP contribution in [0.15, 0.2) is 106 Å². The lowest BCUT2D eigenvalue weighted by molar-refractivity contribution is -0.139. The number of hydrogen-bond acceptors (Lipinski definition) is 5. The third-order valence-corrected chi connectivity index (χ3v) is 9.65. The van der Waals surface area contributed by atoms with E-state index in [1.54, 1.807) is 30.3 Å². The van der Waals surface area contributed by atoms with E-state index in [2.05, 4.69) is 21.2 Å². The molecule has 8 nitrogen and oxygen atoms in total. The Labute approximate surface area is 267 Å². The van der Waals surface area contributed by atoms with E-state index in [1.165, 1.54) is 31.2 Å². The van der Waals surface area contributed by atoms with Gasteiger partial charge in [0.25, 0.3) is 10.0 Å². The minimum Gasteiger partial charge on any atom is -0.496 e. The standard InChI is InChI=1S/C34H36BrN3O5S/c1-24-13-15-28(16-14-24)38(44(41,42)29-17-18-32(43-4)30(35)21-29)23-33(39)37(22-27-12-8-9-25(2)19-27)31(34(40)36-3)20-26-10-6-5-7-11-26/h5-19,21,31H,20,22-23H2,1-4H3,(H,36,40)/t31-/m1/s1. The van der Waals surface area contributed by atoms with Crippen molar-refractivity contribution in [2.45, 2.75) is 37.8 Å². The Morgan fingerprint density at radius 3 is 2.16 bits per heavy atom. The maximum Gasteiger partial charge on any atom is 0.264 e. The second-order valence-corrected chi connectivity index (χ2v) is 13.2. The van der Waals surface area contributed by atoms with Gasteiger partial charge >= 0.3 is 0 Å². The number of carbonyl (C=O) groups is 2. The van der Waals surface area contributed by atoms with Gasteiger partial charge in [-0.1, -0.05) is 77.9 Å². The molecule has 4 rings (SSSR count). The van der Waals surface area contributed by atoms with Gasteiger partial charge in [-0.25, -0.2) is 8.42 Å². The van der Waals surface area contributed by atoms with Crippen molar-refractivity contribution >= 4 is 43.5 Å². The fourth-order valence-electron chi connectivity index (χ4n) is 4.90. The van der Waals surface area contributed by atoms with Crippen LogP contribution in [-0.4, -0.2) is 51.9 Å². The number of hydrogen-bond donors (Lipinski definition) is 1. The summed E-state index contributed by atoms with van der Waals surface area (Å²) in [4.78, 5) is 29.2. The second kappa shape index (κ2) is 14.5. The number of amides is 2. The van der Waals surface area contributed by atoms with Gasteiger partial charge in [0, 0.05) is 20.0 Å². The fourth-order valence-corrected chi connectivity index (χ4v) is 7.04. The molecule has 0 saturated heterocycles. The summed E-state index contributed by atoms with van der Waals surface area (Å²) in [5.74, 6) is -0.396. The summed E-state index contributed by atoms with van der Waals surface area (Å²) in [6.45, 7) is 3.44. The minimum atomic E-state index is -4.23. The first-order valence-electron chi connectivity index (χ1n) is 14.1. The first kappa shape index (κ1) is 32.8. The normalized spacial score (nSPS) is 11.8. The number of rotatable bonds is 12. The Bertz CT molecular complexity index is 1710. The van der Waals surface area contributed by atoms with Gasteiger partial charge in [-0.3, -0.25) is 13.9 Å². The Kier molecular flexibility index (Phi) is 10.8. The van der Waals surface area contributed by atoms with Crippen molar-refractivity contribution in [1.82, 2.24) is 10.2 Å². The lowest BCUT2D eigenvalue weighted by Crippen LogP contribution is -2.53. The van der Waals surface area contributed by atoms with E-state index in [-0.39, 0.29) is 23.8 Å². The summed E-state index contributed by atoms with van der Waals surface area (Å²) in [6.07, 6.45) is 0.251. The lowest BCUT2D eigenvalue weighted by Gasteiger charge is -2.33. The van der Waals surface area contributed by atoms with Crippen LogP contribution in [0.2, 0.25) is 0 Å². The Morgan fingerprint density at radius 1 is 0.864 bits per heavy atom. The number of nitrogens with one attached hydrogen (secondary N) is 1. The molecule has 0 bridgehead atoms. The highest BCUT2D eigenvalue weighted by atomic mass is 79.9. The van der Waals surface area contributed by atoms with Crippen molar-refractivity contribution in [3.8, 4) is 5.75 Å². The predicted octanol–water partition coefficient (Wildman–Crippen LogP) is 5.66. The maximum absolute atomic E-state index is 14.4. The van der Waals surface area contributed by atoms with Crippen LogP contribution in [0.25, 0.3) is 0 Å². The molecule has 10 heteroatoms. The largest absolute Gasteiger partial charge is 0.496 e. The molecule has 44 heavy (non-hydrogen) atoms. The highest BCUT2D eigenvalue weighted by Gasteiger charge is 2.34. The van der Waals surface area contributed by atoms with Crippen molar-refractivity contribution in [3.63, 3.8) is 0 Å². The van der Waals surface area contributed by atoms with E-state index in [9.17, 15) is 18.0 Å². The molecular formula is C34H36BrN3O5S. The molecule has 0 radical (unpaired) electrons. The molecule has 0 heterocycles. The number of halogens is 1. The van der Waals surface area contributed by atoms with E-state index in [1.807, 2.05) is 68.4 Å². The monoisotopic (exact) mass is 677 g/mol. The number of sulfonamides is 1. The van der Waals surface area contributed by atoms with Gasteiger partial charge in [0.1, 0.15) is 18.3 Å². The van der Waals surface area contributed by atoms with Gasteiger partial charge in [0.2, 0.25) is 11.8 Å². The van der Waals surface area contributed by atoms with Crippen LogP contribution >= 0.6 is 15.9 Å². The van der Waals surface area contributed by atoms with Crippen LogP contribution in [0.3, 0.4) is 0 Å². The third kappa shape index (κ3) is 7.86. The van der Waals surface area contributed by atoms with Gasteiger partial charge in [0.05, 0.1) is 22.2 Å². The SMILES string of the molecule is CNC(=O)[C@@H](Cc1ccccc1)N(Cc1cccc(C)c1)C(=O)CN(c1ccc(C)cc1)S(=O)(=O)c1ccc(OC)c(Br)c1. The van der Waals surface area contributed by atoms with Gasteiger partial charge in [-0.2, -0.15) is 0 Å². The number of aryl methyl sites for hydroxylation is 2. The average molecular weight is 679 g/mol. The summed E-state index contributed by atoms with van der Waals surface area (Å²) in [6, 6.07) is 27.6. The van der Waals surface area contributed by atoms with Gasteiger partial charge in [-0.05, 0) is 71.2 Å². The molecule has 1 N–H and O–H groups in total. The molecule has 0 fully saturated rings. The zero-order valence-electron chi connectivity index (χ0n) is 25.2. The summed E-state index contributed by atoms with van der Waals surface area (Å²) in [5, 5.41) is 2.70. The van der Waals surface area contributed by atoms with Crippen LogP contribution in [0.1, 0.15) is 22.3 Å². The number of carbonyl (C=O) groups excluding carboxylic acids is 2. The molecule has 0 saturated carbocycles. The highest BCUT2D eigenvalue weighted by Crippen LogP contribution is 2.31. The van der Waals surface area contributed by atoms with Crippen LogP contribution in [-0.2, 0) is 32.6 Å². The molecule has 0 spiro atoms. The molecule has 1 atom stereocenters. The Morgan fingerprint density at radius 2 is 1.55 bits per heavy atom. The molecule has 0 aliphatic carbocycles. The third-order valence-electron chi connectivity index (χ3n) is 7.26. The molecule has 0 aromatic heterocycles. The maximum atomic E-state index is 14.4. The number of anilines is 1. The molecule has 2 amide bonds. The van der Waals surface area contributed by atoms with Crippen molar-refractivity contribution in [3.05, 3.63) is 124 Å². The molecule has 0 unspecified atom stereocenters. The van der Waals surface area contributed by atoms with Gasteiger partial charge in [-0.15, -0.1) is 0 Å². The van der Waals surface area contributed by atoms with Crippen LogP contribution in [0, 0.1) is 13.8 Å². The smallest absolute Gasteiger partial charge is 0.264 e. The molecule has 4 aromatic carbocycles. The van der Waals surface area contributed by atoms with E-state index in [0.717, 1.165) is 26.6 Å². The predicted molar refractivity (Wildman–Crippen MR) is 176 cm³/mol. The van der Waals surface area contributed by atoms with E-state index >= 15 is 0 Å². The number of methoxy groups -OCH3 is 1. The van der Waals surface area contributed by atoms with Crippen LogP contribution in [0.4, 0.5) is 5.69 Å². The highest BCUT2D eigenvalue weighted by molar-refractivity contribution is 9.10. The Hall–Kier alpha value is -4.15. The molecule has 0 aliphatic heterocycles. The second-order valence-electron chi connectivity index (χ2n) is 10.5. The minimum absolute atomic E-state index is 0.0177. The fraction of sp³-hybridized carbons (Fsp3) is 0.235. The first-order valence-corrected chi connectivity index (χ1v) is 16.3. The van der Waals surface area contributed by atoms with Crippen molar-refractivity contribution in [2.24, 2.45) is 0 Å². The van der Waals surface area contributed by atoms with Crippen molar-refractivity contribution in [2.75, 3.05) is 25.0 Å². The number of ether oxygens (including phenoxy) is 1. The summed E-state index contributed by atoms with van der Waals surface area (Å²) in [5.41, 5.74) is 3.96. The van der Waals surface area contributed by atoms with Crippen molar-refractivity contribution < 1.29 is 22.7 Å².